The molecular formula is C15H21N3S. The Morgan fingerprint density at radius 1 is 1.42 bits per heavy atom. The van der Waals surface area contributed by atoms with Crippen LogP contribution < -0.4 is 0 Å². The van der Waals surface area contributed by atoms with Crippen LogP contribution in [0, 0.1) is 12.8 Å². The Balaban J connectivity index is 1.55. The highest BCUT2D eigenvalue weighted by atomic mass is 32.1. The number of hydrogen-bond donors (Lipinski definition) is 0. The lowest BCUT2D eigenvalue weighted by Crippen LogP contribution is -2.36. The van der Waals surface area contributed by atoms with E-state index in [-0.39, 0.29) is 0 Å². The maximum absolute atomic E-state index is 4.13. The molecular weight excluding hydrogens is 254 g/mol. The monoisotopic (exact) mass is 275 g/mol. The number of nitrogens with zero attached hydrogens (tertiary/aromatic N) is 3. The number of likely N-dealkylation sites (tertiary alicyclic amines) is 1. The molecule has 1 atom stereocenters. The van der Waals surface area contributed by atoms with E-state index in [1.807, 2.05) is 23.9 Å². The van der Waals surface area contributed by atoms with E-state index in [0.29, 0.717) is 0 Å². The summed E-state index contributed by atoms with van der Waals surface area (Å²) in [5, 5.41) is 0. The third-order valence-electron chi connectivity index (χ3n) is 3.81. The molecule has 0 N–H and O–H groups in total. The fourth-order valence-corrected chi connectivity index (χ4v) is 3.86. The summed E-state index contributed by atoms with van der Waals surface area (Å²) in [4.78, 5) is 9.65. The molecule has 102 valence electrons. The van der Waals surface area contributed by atoms with E-state index in [4.69, 9.17) is 0 Å². The fourth-order valence-electron chi connectivity index (χ4n) is 2.93. The molecule has 0 saturated carbocycles. The Morgan fingerprint density at radius 3 is 3.11 bits per heavy atom. The normalized spacial score (nSPS) is 20.8. The number of hydrogen-bond acceptors (Lipinski definition) is 3. The second kappa shape index (κ2) is 5.88. The number of aromatic nitrogens is 2. The summed E-state index contributed by atoms with van der Waals surface area (Å²) < 4.78 is 2.21. The maximum Gasteiger partial charge on any atom is 0.0946 e. The van der Waals surface area contributed by atoms with Crippen LogP contribution in [0.2, 0.25) is 0 Å². The zero-order chi connectivity index (χ0) is 13.1. The zero-order valence-electron chi connectivity index (χ0n) is 11.5. The van der Waals surface area contributed by atoms with Gasteiger partial charge >= 0.3 is 0 Å². The van der Waals surface area contributed by atoms with Crippen molar-refractivity contribution in [3.8, 4) is 0 Å². The Morgan fingerprint density at radius 2 is 2.37 bits per heavy atom. The zero-order valence-corrected chi connectivity index (χ0v) is 12.3. The molecule has 0 bridgehead atoms. The molecule has 0 amide bonds. The third kappa shape index (κ3) is 3.45. The number of piperidine rings is 1. The molecule has 4 heteroatoms. The highest BCUT2D eigenvalue weighted by molar-refractivity contribution is 7.11. The van der Waals surface area contributed by atoms with Crippen LogP contribution in [-0.2, 0) is 13.1 Å². The highest BCUT2D eigenvalue weighted by Crippen LogP contribution is 2.23. The molecule has 1 aliphatic heterocycles. The lowest BCUT2D eigenvalue weighted by Gasteiger charge is -2.32. The van der Waals surface area contributed by atoms with Crippen molar-refractivity contribution in [2.75, 3.05) is 13.1 Å². The molecule has 3 rings (SSSR count). The molecule has 0 spiro atoms. The van der Waals surface area contributed by atoms with Crippen LogP contribution in [0.15, 0.2) is 30.9 Å². The first-order valence-corrected chi connectivity index (χ1v) is 7.84. The number of rotatable bonds is 4. The van der Waals surface area contributed by atoms with Crippen LogP contribution in [0.4, 0.5) is 0 Å². The van der Waals surface area contributed by atoms with E-state index in [1.54, 1.807) is 0 Å². The minimum absolute atomic E-state index is 0.768. The van der Waals surface area contributed by atoms with Gasteiger partial charge in [0.25, 0.3) is 0 Å². The summed E-state index contributed by atoms with van der Waals surface area (Å²) in [6.45, 7) is 6.89. The topological polar surface area (TPSA) is 21.1 Å². The maximum atomic E-state index is 4.13. The van der Waals surface area contributed by atoms with Gasteiger partial charge in [-0.25, -0.2) is 4.98 Å². The fraction of sp³-hybridized carbons (Fsp3) is 0.533. The molecule has 1 fully saturated rings. The Hall–Kier alpha value is -1.13. The van der Waals surface area contributed by atoms with Crippen molar-refractivity contribution in [2.24, 2.45) is 5.92 Å². The molecule has 3 nitrogen and oxygen atoms in total. The highest BCUT2D eigenvalue weighted by Gasteiger charge is 2.20. The third-order valence-corrected chi connectivity index (χ3v) is 4.79. The predicted molar refractivity (Wildman–Crippen MR) is 79.3 cm³/mol. The molecule has 2 aromatic rings. The molecule has 2 aromatic heterocycles. The van der Waals surface area contributed by atoms with Crippen LogP contribution >= 0.6 is 11.3 Å². The molecule has 0 unspecified atom stereocenters. The van der Waals surface area contributed by atoms with Gasteiger partial charge in [-0.2, -0.15) is 0 Å². The van der Waals surface area contributed by atoms with Crippen molar-refractivity contribution in [3.05, 3.63) is 40.6 Å². The second-order valence-corrected chi connectivity index (χ2v) is 6.89. The average Bonchev–Trinajstić information content (AvgIpc) is 3.02. The van der Waals surface area contributed by atoms with E-state index in [2.05, 4.69) is 39.7 Å². The Bertz CT molecular complexity index is 503. The van der Waals surface area contributed by atoms with Crippen molar-refractivity contribution in [1.82, 2.24) is 14.5 Å². The first-order valence-electron chi connectivity index (χ1n) is 7.03. The van der Waals surface area contributed by atoms with Crippen molar-refractivity contribution >= 4 is 11.3 Å². The van der Waals surface area contributed by atoms with Crippen molar-refractivity contribution in [2.45, 2.75) is 32.9 Å². The lowest BCUT2D eigenvalue weighted by molar-refractivity contribution is 0.157. The van der Waals surface area contributed by atoms with Crippen molar-refractivity contribution in [3.63, 3.8) is 0 Å². The minimum Gasteiger partial charge on any atom is -0.337 e. The summed E-state index contributed by atoms with van der Waals surface area (Å²) in [6, 6.07) is 4.51. The molecule has 0 aromatic carbocycles. The summed E-state index contributed by atoms with van der Waals surface area (Å²) in [6.07, 6.45) is 8.54. The molecule has 19 heavy (non-hydrogen) atoms. The van der Waals surface area contributed by atoms with Crippen molar-refractivity contribution < 1.29 is 0 Å². The average molecular weight is 275 g/mol. The van der Waals surface area contributed by atoms with Gasteiger partial charge in [0, 0.05) is 41.8 Å². The lowest BCUT2D eigenvalue weighted by atomic mass is 9.98. The first kappa shape index (κ1) is 12.9. The summed E-state index contributed by atoms with van der Waals surface area (Å²) >= 11 is 1.93. The largest absolute Gasteiger partial charge is 0.337 e. The summed E-state index contributed by atoms with van der Waals surface area (Å²) in [5.74, 6) is 0.768. The molecule has 0 radical (unpaired) electrons. The van der Waals surface area contributed by atoms with Gasteiger partial charge < -0.3 is 4.57 Å². The van der Waals surface area contributed by atoms with Gasteiger partial charge in [0.1, 0.15) is 0 Å². The quantitative estimate of drug-likeness (QED) is 0.854. The van der Waals surface area contributed by atoms with E-state index in [0.717, 1.165) is 19.0 Å². The minimum atomic E-state index is 0.768. The molecule has 1 aliphatic rings. The van der Waals surface area contributed by atoms with Gasteiger partial charge in [-0.1, -0.05) is 0 Å². The molecule has 3 heterocycles. The molecule has 1 saturated heterocycles. The van der Waals surface area contributed by atoms with E-state index >= 15 is 0 Å². The standard InChI is InChI=1S/C15H21N3S/c1-13-4-5-15(19-13)11-17-7-2-3-14(9-17)10-18-8-6-16-12-18/h4-6,8,12,14H,2-3,7,9-11H2,1H3/t14-/m1/s1. The number of aryl methyl sites for hydroxylation is 1. The second-order valence-electron chi connectivity index (χ2n) is 5.52. The van der Waals surface area contributed by atoms with Crippen LogP contribution in [0.3, 0.4) is 0 Å². The van der Waals surface area contributed by atoms with Crippen LogP contribution in [0.25, 0.3) is 0 Å². The number of imidazole rings is 1. The first-order chi connectivity index (χ1) is 9.29. The Labute approximate surface area is 118 Å². The Kier molecular flexibility index (Phi) is 3.99. The van der Waals surface area contributed by atoms with Gasteiger partial charge in [-0.05, 0) is 44.4 Å². The van der Waals surface area contributed by atoms with Crippen LogP contribution in [0.1, 0.15) is 22.6 Å². The van der Waals surface area contributed by atoms with Crippen LogP contribution in [0.5, 0.6) is 0 Å². The smallest absolute Gasteiger partial charge is 0.0946 e. The summed E-state index contributed by atoms with van der Waals surface area (Å²) in [7, 11) is 0. The number of thiophene rings is 1. The van der Waals surface area contributed by atoms with Crippen molar-refractivity contribution in [1.29, 1.82) is 0 Å². The van der Waals surface area contributed by atoms with E-state index in [9.17, 15) is 0 Å². The summed E-state index contributed by atoms with van der Waals surface area (Å²) in [5.41, 5.74) is 0. The predicted octanol–water partition coefficient (Wildman–Crippen LogP) is 3.17. The van der Waals surface area contributed by atoms with Gasteiger partial charge in [0.05, 0.1) is 6.33 Å². The SMILES string of the molecule is Cc1ccc(CN2CCC[C@@H](Cn3ccnc3)C2)s1. The van der Waals surface area contributed by atoms with E-state index < -0.39 is 0 Å². The molecule has 0 aliphatic carbocycles. The van der Waals surface area contributed by atoms with Gasteiger partial charge in [0.15, 0.2) is 0 Å². The van der Waals surface area contributed by atoms with E-state index in [1.165, 1.54) is 35.7 Å². The van der Waals surface area contributed by atoms with Crippen LogP contribution in [-0.4, -0.2) is 27.5 Å². The van der Waals surface area contributed by atoms with Gasteiger partial charge in [-0.3, -0.25) is 4.90 Å². The van der Waals surface area contributed by atoms with Gasteiger partial charge in [0.2, 0.25) is 0 Å². The van der Waals surface area contributed by atoms with Gasteiger partial charge in [-0.15, -0.1) is 11.3 Å².